The van der Waals surface area contributed by atoms with Crippen molar-refractivity contribution in [2.45, 2.75) is 19.1 Å². The van der Waals surface area contributed by atoms with Gasteiger partial charge >= 0.3 is 5.97 Å². The second kappa shape index (κ2) is 2.87. The van der Waals surface area contributed by atoms with Gasteiger partial charge in [-0.15, -0.1) is 0 Å². The fraction of sp³-hybridized carbons (Fsp3) is 0.667. The van der Waals surface area contributed by atoms with Crippen molar-refractivity contribution in [1.29, 1.82) is 0 Å². The fourth-order valence-electron chi connectivity index (χ4n) is 1.07. The van der Waals surface area contributed by atoms with Crippen LogP contribution in [0, 0.1) is 5.92 Å². The van der Waals surface area contributed by atoms with Gasteiger partial charge in [-0.2, -0.15) is 0 Å². The lowest BCUT2D eigenvalue weighted by Crippen LogP contribution is -2.44. The number of nitrogens with one attached hydrogen (secondary N) is 1. The molecular weight excluding hydrogens is 150 g/mol. The maximum atomic E-state index is 10.7. The van der Waals surface area contributed by atoms with Crippen LogP contribution in [0.3, 0.4) is 0 Å². The lowest BCUT2D eigenvalue weighted by Gasteiger charge is -2.23. The van der Waals surface area contributed by atoms with Crippen molar-refractivity contribution in [3.05, 3.63) is 0 Å². The summed E-state index contributed by atoms with van der Waals surface area (Å²) < 4.78 is 0. The molecule has 62 valence electrons. The predicted octanol–water partition coefficient (Wildman–Crippen LogP) is -1.08. The standard InChI is InChI=1S/C6H9NO4/c8-4-1-3(6(10)11)2-5(9)7-4/h3-4,8H,1-2H2,(H,7,9)(H,10,11). The summed E-state index contributed by atoms with van der Waals surface area (Å²) in [5, 5.41) is 19.6. The van der Waals surface area contributed by atoms with E-state index in [2.05, 4.69) is 5.32 Å². The van der Waals surface area contributed by atoms with E-state index in [0.29, 0.717) is 0 Å². The number of carbonyl (C=O) groups is 2. The molecule has 0 spiro atoms. The van der Waals surface area contributed by atoms with Crippen molar-refractivity contribution in [1.82, 2.24) is 5.32 Å². The molecule has 0 aliphatic carbocycles. The molecular formula is C6H9NO4. The largest absolute Gasteiger partial charge is 0.481 e. The zero-order chi connectivity index (χ0) is 8.43. The van der Waals surface area contributed by atoms with Gasteiger partial charge in [-0.3, -0.25) is 9.59 Å². The minimum atomic E-state index is -1.03. The van der Waals surface area contributed by atoms with Crippen molar-refractivity contribution in [3.63, 3.8) is 0 Å². The second-order valence-electron chi connectivity index (χ2n) is 2.56. The summed E-state index contributed by atoms with van der Waals surface area (Å²) in [6, 6.07) is 0. The first-order chi connectivity index (χ1) is 5.09. The van der Waals surface area contributed by atoms with Crippen LogP contribution in [0.5, 0.6) is 0 Å². The molecule has 0 saturated carbocycles. The Morgan fingerprint density at radius 3 is 2.73 bits per heavy atom. The van der Waals surface area contributed by atoms with Gasteiger partial charge in [0.15, 0.2) is 0 Å². The highest BCUT2D eigenvalue weighted by molar-refractivity contribution is 5.83. The van der Waals surface area contributed by atoms with Crippen LogP contribution in [-0.4, -0.2) is 28.3 Å². The molecule has 1 heterocycles. The topological polar surface area (TPSA) is 86.6 Å². The Balaban J connectivity index is 2.56. The van der Waals surface area contributed by atoms with Gasteiger partial charge in [0.25, 0.3) is 0 Å². The van der Waals surface area contributed by atoms with Crippen LogP contribution in [0.25, 0.3) is 0 Å². The van der Waals surface area contributed by atoms with Gasteiger partial charge in [-0.25, -0.2) is 0 Å². The maximum Gasteiger partial charge on any atom is 0.307 e. The van der Waals surface area contributed by atoms with E-state index >= 15 is 0 Å². The third kappa shape index (κ3) is 1.91. The number of carbonyl (C=O) groups excluding carboxylic acids is 1. The summed E-state index contributed by atoms with van der Waals surface area (Å²) >= 11 is 0. The molecule has 1 fully saturated rings. The SMILES string of the molecule is O=C1CC(C(=O)O)CC(O)N1. The highest BCUT2D eigenvalue weighted by Crippen LogP contribution is 2.15. The van der Waals surface area contributed by atoms with Crippen LogP contribution in [0.4, 0.5) is 0 Å². The first kappa shape index (κ1) is 8.00. The molecule has 5 nitrogen and oxygen atoms in total. The number of piperidine rings is 1. The Hall–Kier alpha value is -1.10. The maximum absolute atomic E-state index is 10.7. The van der Waals surface area contributed by atoms with Crippen LogP contribution < -0.4 is 5.32 Å². The Bertz CT molecular complexity index is 191. The smallest absolute Gasteiger partial charge is 0.307 e. The molecule has 5 heteroatoms. The van der Waals surface area contributed by atoms with Gasteiger partial charge in [-0.1, -0.05) is 0 Å². The van der Waals surface area contributed by atoms with Crippen LogP contribution in [0.2, 0.25) is 0 Å². The molecule has 0 aromatic rings. The number of carboxylic acid groups (broad SMARTS) is 1. The summed E-state index contributed by atoms with van der Waals surface area (Å²) in [7, 11) is 0. The van der Waals surface area contributed by atoms with E-state index in [4.69, 9.17) is 10.2 Å². The van der Waals surface area contributed by atoms with Crippen molar-refractivity contribution < 1.29 is 19.8 Å². The van der Waals surface area contributed by atoms with Crippen LogP contribution in [0.15, 0.2) is 0 Å². The van der Waals surface area contributed by atoms with Crippen LogP contribution in [-0.2, 0) is 9.59 Å². The number of rotatable bonds is 1. The molecule has 1 aliphatic rings. The highest BCUT2D eigenvalue weighted by Gasteiger charge is 2.29. The lowest BCUT2D eigenvalue weighted by atomic mass is 9.97. The number of amides is 1. The minimum absolute atomic E-state index is 0.0353. The monoisotopic (exact) mass is 159 g/mol. The average Bonchev–Trinajstić information content (AvgIpc) is 1.85. The van der Waals surface area contributed by atoms with Gasteiger partial charge < -0.3 is 15.5 Å². The molecule has 2 unspecified atom stereocenters. The van der Waals surface area contributed by atoms with E-state index in [-0.39, 0.29) is 12.8 Å². The first-order valence-corrected chi connectivity index (χ1v) is 3.30. The lowest BCUT2D eigenvalue weighted by molar-refractivity contribution is -0.148. The third-order valence-electron chi connectivity index (χ3n) is 1.62. The Labute approximate surface area is 63.0 Å². The van der Waals surface area contributed by atoms with Gasteiger partial charge in [0.05, 0.1) is 5.92 Å². The van der Waals surface area contributed by atoms with Crippen molar-refractivity contribution >= 4 is 11.9 Å². The molecule has 1 amide bonds. The molecule has 0 aromatic carbocycles. The molecule has 2 atom stereocenters. The quantitative estimate of drug-likeness (QED) is 0.454. The van der Waals surface area contributed by atoms with Gasteiger partial charge in [0.1, 0.15) is 6.23 Å². The average molecular weight is 159 g/mol. The second-order valence-corrected chi connectivity index (χ2v) is 2.56. The number of hydrogen-bond acceptors (Lipinski definition) is 3. The van der Waals surface area contributed by atoms with Crippen molar-refractivity contribution in [2.75, 3.05) is 0 Å². The highest BCUT2D eigenvalue weighted by atomic mass is 16.4. The van der Waals surface area contributed by atoms with Crippen LogP contribution >= 0.6 is 0 Å². The number of aliphatic hydroxyl groups is 1. The Kier molecular flexibility index (Phi) is 2.09. The van der Waals surface area contributed by atoms with Gasteiger partial charge in [-0.05, 0) is 0 Å². The van der Waals surface area contributed by atoms with E-state index < -0.39 is 24.0 Å². The van der Waals surface area contributed by atoms with E-state index in [0.717, 1.165) is 0 Å². The Morgan fingerprint density at radius 1 is 1.64 bits per heavy atom. The fourth-order valence-corrected chi connectivity index (χ4v) is 1.07. The van der Waals surface area contributed by atoms with Crippen LogP contribution in [0.1, 0.15) is 12.8 Å². The number of aliphatic carboxylic acids is 1. The number of carboxylic acids is 1. The van der Waals surface area contributed by atoms with Crippen molar-refractivity contribution in [3.8, 4) is 0 Å². The van der Waals surface area contributed by atoms with Crippen molar-refractivity contribution in [2.24, 2.45) is 5.92 Å². The molecule has 1 aliphatic heterocycles. The third-order valence-corrected chi connectivity index (χ3v) is 1.62. The number of aliphatic hydroxyl groups excluding tert-OH is 1. The molecule has 11 heavy (non-hydrogen) atoms. The van der Waals surface area contributed by atoms with E-state index in [1.54, 1.807) is 0 Å². The summed E-state index contributed by atoms with van der Waals surface area (Å²) in [6.45, 7) is 0. The molecule has 0 bridgehead atoms. The van der Waals surface area contributed by atoms with E-state index in [1.807, 2.05) is 0 Å². The normalized spacial score (nSPS) is 31.2. The van der Waals surface area contributed by atoms with Gasteiger partial charge in [0.2, 0.25) is 5.91 Å². The van der Waals surface area contributed by atoms with Gasteiger partial charge in [0, 0.05) is 12.8 Å². The molecule has 3 N–H and O–H groups in total. The predicted molar refractivity (Wildman–Crippen MR) is 34.5 cm³/mol. The zero-order valence-electron chi connectivity index (χ0n) is 5.78. The number of hydrogen-bond donors (Lipinski definition) is 3. The summed E-state index contributed by atoms with van der Waals surface area (Å²) in [5.74, 6) is -2.17. The summed E-state index contributed by atoms with van der Waals surface area (Å²) in [5.41, 5.74) is 0. The minimum Gasteiger partial charge on any atom is -0.481 e. The first-order valence-electron chi connectivity index (χ1n) is 3.30. The zero-order valence-corrected chi connectivity index (χ0v) is 5.78. The molecule has 1 rings (SSSR count). The van der Waals surface area contributed by atoms with E-state index in [9.17, 15) is 9.59 Å². The summed E-state index contributed by atoms with van der Waals surface area (Å²) in [4.78, 5) is 21.0. The molecule has 0 radical (unpaired) electrons. The van der Waals surface area contributed by atoms with E-state index in [1.165, 1.54) is 0 Å². The Morgan fingerprint density at radius 2 is 2.27 bits per heavy atom. The molecule has 0 aromatic heterocycles. The summed E-state index contributed by atoms with van der Waals surface area (Å²) in [6.07, 6.45) is -0.939. The molecule has 1 saturated heterocycles.